The van der Waals surface area contributed by atoms with E-state index < -0.39 is 0 Å². The van der Waals surface area contributed by atoms with Crippen molar-refractivity contribution in [2.45, 2.75) is 45.6 Å². The van der Waals surface area contributed by atoms with Gasteiger partial charge in [-0.25, -0.2) is 4.79 Å². The van der Waals surface area contributed by atoms with Crippen molar-refractivity contribution in [3.05, 3.63) is 0 Å². The van der Waals surface area contributed by atoms with E-state index in [0.29, 0.717) is 13.0 Å². The van der Waals surface area contributed by atoms with Gasteiger partial charge in [0.1, 0.15) is 0 Å². The maximum atomic E-state index is 11.5. The van der Waals surface area contributed by atoms with E-state index in [2.05, 4.69) is 22.5 Å². The molecule has 19 heavy (non-hydrogen) atoms. The summed E-state index contributed by atoms with van der Waals surface area (Å²) in [5, 5.41) is 14.4. The summed E-state index contributed by atoms with van der Waals surface area (Å²) in [6, 6.07) is -0.109. The predicted molar refractivity (Wildman–Crippen MR) is 77.2 cm³/mol. The third-order valence-corrected chi connectivity index (χ3v) is 3.75. The molecule has 1 rings (SSSR count). The number of piperidine rings is 1. The first-order chi connectivity index (χ1) is 9.11. The van der Waals surface area contributed by atoms with Crippen LogP contribution in [0.25, 0.3) is 0 Å². The van der Waals surface area contributed by atoms with Crippen LogP contribution in [0.1, 0.15) is 39.5 Å². The smallest absolute Gasteiger partial charge is 0.314 e. The summed E-state index contributed by atoms with van der Waals surface area (Å²) in [6.45, 7) is 8.49. The second-order valence-electron chi connectivity index (χ2n) is 5.69. The molecule has 0 aromatic rings. The average molecular weight is 271 g/mol. The molecule has 0 aromatic carbocycles. The zero-order chi connectivity index (χ0) is 14.1. The van der Waals surface area contributed by atoms with E-state index in [1.807, 2.05) is 6.92 Å². The van der Waals surface area contributed by atoms with E-state index in [1.165, 1.54) is 25.9 Å². The van der Waals surface area contributed by atoms with Gasteiger partial charge in [0, 0.05) is 19.2 Å². The maximum Gasteiger partial charge on any atom is 0.314 e. The maximum absolute atomic E-state index is 11.5. The molecule has 0 aliphatic carbocycles. The monoisotopic (exact) mass is 271 g/mol. The highest BCUT2D eigenvalue weighted by Gasteiger charge is 2.14. The van der Waals surface area contributed by atoms with E-state index in [1.54, 1.807) is 0 Å². The first-order valence-electron chi connectivity index (χ1n) is 7.49. The molecule has 0 aromatic heterocycles. The molecule has 3 N–H and O–H groups in total. The lowest BCUT2D eigenvalue weighted by atomic mass is 9.99. The number of carbonyl (C=O) groups is 1. The standard InChI is InChI=1S/C14H29N3O2/c1-12-4-9-17(10-5-12)8-3-7-15-14(19)16-13(2)6-11-18/h12-13,18H,3-11H2,1-2H3,(H2,15,16,19)/t13-/m1/s1. The lowest BCUT2D eigenvalue weighted by molar-refractivity contribution is 0.190. The molecule has 5 nitrogen and oxygen atoms in total. The van der Waals surface area contributed by atoms with E-state index in [-0.39, 0.29) is 18.7 Å². The average Bonchev–Trinajstić information content (AvgIpc) is 2.37. The van der Waals surface area contributed by atoms with E-state index in [4.69, 9.17) is 5.11 Å². The summed E-state index contributed by atoms with van der Waals surface area (Å²) in [7, 11) is 0. The molecule has 1 fully saturated rings. The van der Waals surface area contributed by atoms with E-state index in [9.17, 15) is 4.79 Å². The Bertz CT molecular complexity index is 253. The van der Waals surface area contributed by atoms with Gasteiger partial charge in [0.15, 0.2) is 0 Å². The van der Waals surface area contributed by atoms with Gasteiger partial charge in [-0.15, -0.1) is 0 Å². The molecule has 0 saturated carbocycles. The Morgan fingerprint density at radius 1 is 1.42 bits per heavy atom. The SMILES string of the molecule is CC1CCN(CCCNC(=O)N[C@H](C)CCO)CC1. The van der Waals surface area contributed by atoms with Crippen LogP contribution in [0, 0.1) is 5.92 Å². The van der Waals surface area contributed by atoms with Crippen LogP contribution in [0.3, 0.4) is 0 Å². The van der Waals surface area contributed by atoms with Crippen LogP contribution in [-0.4, -0.2) is 54.9 Å². The third-order valence-electron chi connectivity index (χ3n) is 3.75. The molecular weight excluding hydrogens is 242 g/mol. The zero-order valence-electron chi connectivity index (χ0n) is 12.3. The number of hydrogen-bond acceptors (Lipinski definition) is 3. The number of urea groups is 1. The van der Waals surface area contributed by atoms with Crippen molar-refractivity contribution in [2.24, 2.45) is 5.92 Å². The van der Waals surface area contributed by atoms with Gasteiger partial charge in [0.2, 0.25) is 0 Å². The molecule has 5 heteroatoms. The Kier molecular flexibility index (Phi) is 7.82. The van der Waals surface area contributed by atoms with Gasteiger partial charge < -0.3 is 20.6 Å². The first-order valence-corrected chi connectivity index (χ1v) is 7.49. The number of rotatable bonds is 7. The number of likely N-dealkylation sites (tertiary alicyclic amines) is 1. The molecular formula is C14H29N3O2. The minimum atomic E-state index is -0.131. The molecule has 0 spiro atoms. The van der Waals surface area contributed by atoms with Gasteiger partial charge in [-0.05, 0) is 58.2 Å². The first kappa shape index (κ1) is 16.2. The van der Waals surface area contributed by atoms with Crippen molar-refractivity contribution in [2.75, 3.05) is 32.8 Å². The highest BCUT2D eigenvalue weighted by molar-refractivity contribution is 5.74. The van der Waals surface area contributed by atoms with Crippen molar-refractivity contribution in [3.8, 4) is 0 Å². The molecule has 1 saturated heterocycles. The molecule has 0 bridgehead atoms. The molecule has 2 amide bonds. The number of hydrogen-bond donors (Lipinski definition) is 3. The topological polar surface area (TPSA) is 64.6 Å². The van der Waals surface area contributed by atoms with E-state index in [0.717, 1.165) is 18.9 Å². The zero-order valence-corrected chi connectivity index (χ0v) is 12.3. The van der Waals surface area contributed by atoms with Gasteiger partial charge in [-0.1, -0.05) is 6.92 Å². The van der Waals surface area contributed by atoms with Crippen molar-refractivity contribution >= 4 is 6.03 Å². The quantitative estimate of drug-likeness (QED) is 0.609. The predicted octanol–water partition coefficient (Wildman–Crippen LogP) is 1.18. The van der Waals surface area contributed by atoms with E-state index >= 15 is 0 Å². The molecule has 0 unspecified atom stereocenters. The summed E-state index contributed by atoms with van der Waals surface area (Å²) in [6.07, 6.45) is 4.19. The minimum absolute atomic E-state index is 0.0218. The molecule has 112 valence electrons. The van der Waals surface area contributed by atoms with Gasteiger partial charge in [0.05, 0.1) is 0 Å². The Labute approximate surface area is 116 Å². The van der Waals surface area contributed by atoms with Crippen LogP contribution in [0.2, 0.25) is 0 Å². The minimum Gasteiger partial charge on any atom is -0.396 e. The highest BCUT2D eigenvalue weighted by atomic mass is 16.3. The normalized spacial score (nSPS) is 19.1. The fourth-order valence-electron chi connectivity index (χ4n) is 2.33. The highest BCUT2D eigenvalue weighted by Crippen LogP contribution is 2.15. The van der Waals surface area contributed by atoms with Crippen molar-refractivity contribution in [3.63, 3.8) is 0 Å². The third kappa shape index (κ3) is 7.38. The van der Waals surface area contributed by atoms with Crippen LogP contribution in [0.5, 0.6) is 0 Å². The second-order valence-corrected chi connectivity index (χ2v) is 5.69. The van der Waals surface area contributed by atoms with Crippen molar-refractivity contribution < 1.29 is 9.90 Å². The van der Waals surface area contributed by atoms with Gasteiger partial charge in [0.25, 0.3) is 0 Å². The lowest BCUT2D eigenvalue weighted by Crippen LogP contribution is -2.42. The van der Waals surface area contributed by atoms with Crippen LogP contribution in [0.15, 0.2) is 0 Å². The summed E-state index contributed by atoms with van der Waals surface area (Å²) in [5.74, 6) is 0.869. The summed E-state index contributed by atoms with van der Waals surface area (Å²) >= 11 is 0. The number of amides is 2. The Morgan fingerprint density at radius 3 is 2.74 bits per heavy atom. The Balaban J connectivity index is 1.99. The summed E-state index contributed by atoms with van der Waals surface area (Å²) in [4.78, 5) is 14.0. The molecule has 1 heterocycles. The van der Waals surface area contributed by atoms with Crippen LogP contribution >= 0.6 is 0 Å². The molecule has 1 aliphatic rings. The molecule has 1 aliphatic heterocycles. The van der Waals surface area contributed by atoms with Gasteiger partial charge in [-0.2, -0.15) is 0 Å². The Morgan fingerprint density at radius 2 is 2.11 bits per heavy atom. The number of aliphatic hydroxyl groups excluding tert-OH is 1. The second kappa shape index (κ2) is 9.15. The van der Waals surface area contributed by atoms with Gasteiger partial charge in [-0.3, -0.25) is 0 Å². The van der Waals surface area contributed by atoms with Crippen molar-refractivity contribution in [1.29, 1.82) is 0 Å². The van der Waals surface area contributed by atoms with Crippen LogP contribution in [-0.2, 0) is 0 Å². The molecule has 1 atom stereocenters. The fourth-order valence-corrected chi connectivity index (χ4v) is 2.33. The Hall–Kier alpha value is -0.810. The number of nitrogens with one attached hydrogen (secondary N) is 2. The number of aliphatic hydroxyl groups is 1. The molecule has 0 radical (unpaired) electrons. The summed E-state index contributed by atoms with van der Waals surface area (Å²) < 4.78 is 0. The lowest BCUT2D eigenvalue weighted by Gasteiger charge is -2.30. The number of carbonyl (C=O) groups excluding carboxylic acids is 1. The van der Waals surface area contributed by atoms with Crippen molar-refractivity contribution in [1.82, 2.24) is 15.5 Å². The van der Waals surface area contributed by atoms with Crippen LogP contribution in [0.4, 0.5) is 4.79 Å². The van der Waals surface area contributed by atoms with Gasteiger partial charge >= 0.3 is 6.03 Å². The summed E-state index contributed by atoms with van der Waals surface area (Å²) in [5.41, 5.74) is 0. The van der Waals surface area contributed by atoms with Crippen LogP contribution < -0.4 is 10.6 Å². The fraction of sp³-hybridized carbons (Fsp3) is 0.929. The largest absolute Gasteiger partial charge is 0.396 e. The number of nitrogens with zero attached hydrogens (tertiary/aromatic N) is 1.